The van der Waals surface area contributed by atoms with E-state index in [0.29, 0.717) is 10.7 Å². The third-order valence-electron chi connectivity index (χ3n) is 1.77. The Morgan fingerprint density at radius 2 is 2.12 bits per heavy atom. The first-order valence-electron chi connectivity index (χ1n) is 4.43. The molecule has 78 valence electrons. The van der Waals surface area contributed by atoms with E-state index in [9.17, 15) is 0 Å². The molecule has 0 aliphatic rings. The number of halogens is 1. The first kappa shape index (κ1) is 10.9. The molecule has 0 saturated carbocycles. The van der Waals surface area contributed by atoms with Gasteiger partial charge in [0, 0.05) is 17.3 Å². The van der Waals surface area contributed by atoms with Crippen LogP contribution in [0.25, 0.3) is 0 Å². The smallest absolute Gasteiger partial charge is 0.141 e. The number of aromatic nitrogens is 2. The van der Waals surface area contributed by atoms with Gasteiger partial charge in [-0.05, 0) is 24.3 Å². The highest BCUT2D eigenvalue weighted by atomic mass is 35.5. The summed E-state index contributed by atoms with van der Waals surface area (Å²) in [5, 5.41) is 10.2. The summed E-state index contributed by atoms with van der Waals surface area (Å²) in [6.45, 7) is 0. The quantitative estimate of drug-likeness (QED) is 0.818. The van der Waals surface area contributed by atoms with Gasteiger partial charge in [-0.3, -0.25) is 0 Å². The van der Waals surface area contributed by atoms with E-state index < -0.39 is 0 Å². The fourth-order valence-corrected chi connectivity index (χ4v) is 1.97. The maximum absolute atomic E-state index is 8.71. The Kier molecular flexibility index (Phi) is 3.40. The molecule has 2 aromatic rings. The summed E-state index contributed by atoms with van der Waals surface area (Å²) in [7, 11) is 0. The van der Waals surface area contributed by atoms with Crippen LogP contribution in [0, 0.1) is 11.3 Å². The minimum absolute atomic E-state index is 0.402. The molecule has 0 spiro atoms. The van der Waals surface area contributed by atoms with E-state index in [1.807, 2.05) is 18.2 Å². The lowest BCUT2D eigenvalue weighted by Gasteiger charge is -2.00. The molecule has 0 aliphatic heterocycles. The molecule has 5 heteroatoms. The van der Waals surface area contributed by atoms with E-state index in [1.54, 1.807) is 24.5 Å². The van der Waals surface area contributed by atoms with Crippen molar-refractivity contribution in [1.29, 1.82) is 5.26 Å². The third kappa shape index (κ3) is 2.72. The van der Waals surface area contributed by atoms with Crippen molar-refractivity contribution in [3.05, 3.63) is 47.4 Å². The normalized spacial score (nSPS) is 9.75. The zero-order valence-electron chi connectivity index (χ0n) is 8.09. The van der Waals surface area contributed by atoms with Crippen molar-refractivity contribution in [1.82, 2.24) is 9.97 Å². The number of nitrogens with zero attached hydrogens (tertiary/aromatic N) is 3. The summed E-state index contributed by atoms with van der Waals surface area (Å²) in [5.41, 5.74) is 0.402. The van der Waals surface area contributed by atoms with E-state index in [0.717, 1.165) is 9.92 Å². The molecule has 3 nitrogen and oxygen atoms in total. The predicted molar refractivity (Wildman–Crippen MR) is 62.3 cm³/mol. The van der Waals surface area contributed by atoms with E-state index in [2.05, 4.69) is 9.97 Å². The number of pyridine rings is 2. The van der Waals surface area contributed by atoms with Gasteiger partial charge in [-0.15, -0.1) is 0 Å². The molecule has 0 unspecified atom stereocenters. The summed E-state index contributed by atoms with van der Waals surface area (Å²) in [6, 6.07) is 9.17. The minimum Gasteiger partial charge on any atom is -0.248 e. The van der Waals surface area contributed by atoms with Gasteiger partial charge in [0.25, 0.3) is 0 Å². The maximum Gasteiger partial charge on any atom is 0.141 e. The second-order valence-corrected chi connectivity index (χ2v) is 4.44. The van der Waals surface area contributed by atoms with Crippen LogP contribution in [0.3, 0.4) is 0 Å². The molecule has 0 aliphatic carbocycles. The van der Waals surface area contributed by atoms with Gasteiger partial charge in [0.1, 0.15) is 16.8 Å². The highest BCUT2D eigenvalue weighted by Crippen LogP contribution is 2.26. The molecule has 0 bridgehead atoms. The molecule has 0 fully saturated rings. The summed E-state index contributed by atoms with van der Waals surface area (Å²) in [4.78, 5) is 8.99. The number of hydrogen-bond acceptors (Lipinski definition) is 4. The van der Waals surface area contributed by atoms with Gasteiger partial charge in [0.15, 0.2) is 0 Å². The molecule has 0 aromatic carbocycles. The Balaban J connectivity index is 2.21. The second-order valence-electron chi connectivity index (χ2n) is 2.91. The zero-order chi connectivity index (χ0) is 11.4. The lowest BCUT2D eigenvalue weighted by Crippen LogP contribution is -1.83. The van der Waals surface area contributed by atoms with Gasteiger partial charge in [-0.1, -0.05) is 23.4 Å². The number of nitriles is 1. The van der Waals surface area contributed by atoms with Crippen LogP contribution in [-0.2, 0) is 0 Å². The van der Waals surface area contributed by atoms with Crippen molar-refractivity contribution in [3.63, 3.8) is 0 Å². The van der Waals surface area contributed by atoms with Crippen molar-refractivity contribution in [2.75, 3.05) is 0 Å². The largest absolute Gasteiger partial charge is 0.248 e. The Morgan fingerprint density at radius 3 is 2.81 bits per heavy atom. The fraction of sp³-hybridized carbons (Fsp3) is 0. The summed E-state index contributed by atoms with van der Waals surface area (Å²) in [6.07, 6.45) is 3.20. The molecule has 2 rings (SSSR count). The molecule has 0 radical (unpaired) electrons. The molecular weight excluding hydrogens is 242 g/mol. The number of rotatable bonds is 2. The highest BCUT2D eigenvalue weighted by Gasteiger charge is 2.00. The fourth-order valence-electron chi connectivity index (χ4n) is 1.08. The Morgan fingerprint density at radius 1 is 1.25 bits per heavy atom. The monoisotopic (exact) mass is 247 g/mol. The summed E-state index contributed by atoms with van der Waals surface area (Å²) < 4.78 is 0. The minimum atomic E-state index is 0.402. The van der Waals surface area contributed by atoms with E-state index >= 15 is 0 Å². The standard InChI is InChI=1S/C11H6ClN3S/c12-8-1-2-11(15-7-8)16-10-3-4-14-9(5-10)6-13/h1-5,7H. The lowest BCUT2D eigenvalue weighted by molar-refractivity contribution is 1.13. The average molecular weight is 248 g/mol. The lowest BCUT2D eigenvalue weighted by atomic mass is 10.4. The van der Waals surface area contributed by atoms with Gasteiger partial charge in [-0.25, -0.2) is 9.97 Å². The van der Waals surface area contributed by atoms with Crippen LogP contribution in [0.4, 0.5) is 0 Å². The van der Waals surface area contributed by atoms with Crippen molar-refractivity contribution in [2.24, 2.45) is 0 Å². The van der Waals surface area contributed by atoms with Crippen LogP contribution < -0.4 is 0 Å². The zero-order valence-corrected chi connectivity index (χ0v) is 9.66. The first-order valence-corrected chi connectivity index (χ1v) is 5.63. The van der Waals surface area contributed by atoms with Crippen molar-refractivity contribution < 1.29 is 0 Å². The van der Waals surface area contributed by atoms with Gasteiger partial charge >= 0.3 is 0 Å². The van der Waals surface area contributed by atoms with Gasteiger partial charge in [-0.2, -0.15) is 5.26 Å². The SMILES string of the molecule is N#Cc1cc(Sc2ccc(Cl)cn2)ccn1. The topological polar surface area (TPSA) is 49.6 Å². The molecule has 2 heterocycles. The van der Waals surface area contributed by atoms with Crippen LogP contribution in [0.1, 0.15) is 5.69 Å². The van der Waals surface area contributed by atoms with Crippen molar-refractivity contribution in [3.8, 4) is 6.07 Å². The van der Waals surface area contributed by atoms with Crippen LogP contribution in [0.5, 0.6) is 0 Å². The van der Waals surface area contributed by atoms with E-state index in [4.69, 9.17) is 16.9 Å². The summed E-state index contributed by atoms with van der Waals surface area (Å²) >= 11 is 7.20. The summed E-state index contributed by atoms with van der Waals surface area (Å²) in [5.74, 6) is 0. The van der Waals surface area contributed by atoms with Crippen LogP contribution >= 0.6 is 23.4 Å². The van der Waals surface area contributed by atoms with Crippen molar-refractivity contribution in [2.45, 2.75) is 9.92 Å². The molecule has 0 N–H and O–H groups in total. The molecule has 0 atom stereocenters. The Bertz CT molecular complexity index is 534. The first-order chi connectivity index (χ1) is 7.78. The second kappa shape index (κ2) is 4.97. The van der Waals surface area contributed by atoms with Crippen LogP contribution in [0.15, 0.2) is 46.6 Å². The highest BCUT2D eigenvalue weighted by molar-refractivity contribution is 7.99. The third-order valence-corrected chi connectivity index (χ3v) is 2.93. The molecule has 0 amide bonds. The Hall–Kier alpha value is -1.57. The maximum atomic E-state index is 8.71. The van der Waals surface area contributed by atoms with Gasteiger partial charge in [0.2, 0.25) is 0 Å². The van der Waals surface area contributed by atoms with Crippen LogP contribution in [0.2, 0.25) is 5.02 Å². The predicted octanol–water partition coefficient (Wildman–Crippen LogP) is 3.15. The van der Waals surface area contributed by atoms with E-state index in [-0.39, 0.29) is 0 Å². The molecule has 16 heavy (non-hydrogen) atoms. The van der Waals surface area contributed by atoms with Crippen molar-refractivity contribution >= 4 is 23.4 Å². The number of hydrogen-bond donors (Lipinski definition) is 0. The Labute approximate surface area is 102 Å². The van der Waals surface area contributed by atoms with Gasteiger partial charge < -0.3 is 0 Å². The average Bonchev–Trinajstić information content (AvgIpc) is 2.32. The van der Waals surface area contributed by atoms with Crippen LogP contribution in [-0.4, -0.2) is 9.97 Å². The molecule has 0 saturated heterocycles. The molecule has 2 aromatic heterocycles. The molecular formula is C11H6ClN3S. The van der Waals surface area contributed by atoms with E-state index in [1.165, 1.54) is 11.8 Å². The van der Waals surface area contributed by atoms with Gasteiger partial charge in [0.05, 0.1) is 5.02 Å².